The van der Waals surface area contributed by atoms with E-state index in [1.165, 1.54) is 193 Å². The van der Waals surface area contributed by atoms with Crippen LogP contribution in [0, 0.1) is 0 Å². The lowest BCUT2D eigenvalue weighted by atomic mass is 10.0. The summed E-state index contributed by atoms with van der Waals surface area (Å²) in [4.78, 5) is 38.2. The zero-order valence-corrected chi connectivity index (χ0v) is 51.9. The minimum atomic E-state index is -0.787. The average Bonchev–Trinajstić information content (AvgIpc) is 3.44. The van der Waals surface area contributed by atoms with Crippen LogP contribution in [0.15, 0.2) is 72.9 Å². The van der Waals surface area contributed by atoms with Gasteiger partial charge >= 0.3 is 17.9 Å². The number of ether oxygens (including phenoxy) is 3. The molecule has 0 aliphatic carbocycles. The normalized spacial score (nSPS) is 12.5. The van der Waals surface area contributed by atoms with Crippen LogP contribution in [0.1, 0.15) is 348 Å². The predicted molar refractivity (Wildman–Crippen MR) is 339 cm³/mol. The maximum absolute atomic E-state index is 12.9. The Kier molecular flexibility index (Phi) is 63.7. The molecule has 0 aromatic heterocycles. The molecule has 0 radical (unpaired) electrons. The summed E-state index contributed by atoms with van der Waals surface area (Å²) in [6.07, 6.45) is 86.6. The topological polar surface area (TPSA) is 78.9 Å². The predicted octanol–water partition coefficient (Wildman–Crippen LogP) is 23.3. The third-order valence-electron chi connectivity index (χ3n) is 14.9. The van der Waals surface area contributed by atoms with Gasteiger partial charge in [0.05, 0.1) is 0 Å². The second kappa shape index (κ2) is 66.4. The highest BCUT2D eigenvalue weighted by Gasteiger charge is 2.19. The van der Waals surface area contributed by atoms with Crippen molar-refractivity contribution in [2.75, 3.05) is 13.2 Å². The number of rotatable bonds is 62. The summed E-state index contributed by atoms with van der Waals surface area (Å²) in [5.41, 5.74) is 0. The molecule has 0 fully saturated rings. The van der Waals surface area contributed by atoms with Crippen LogP contribution in [-0.2, 0) is 28.6 Å². The number of unbranched alkanes of at least 4 members (excludes halogenated alkanes) is 39. The van der Waals surface area contributed by atoms with Crippen molar-refractivity contribution in [2.45, 2.75) is 354 Å². The molecule has 1 unspecified atom stereocenters. The molecule has 0 saturated heterocycles. The van der Waals surface area contributed by atoms with Crippen LogP contribution in [0.25, 0.3) is 0 Å². The lowest BCUT2D eigenvalue weighted by molar-refractivity contribution is -0.167. The molecular formula is C72H128O6. The van der Waals surface area contributed by atoms with E-state index in [-0.39, 0.29) is 31.1 Å². The van der Waals surface area contributed by atoms with E-state index in [1.54, 1.807) is 0 Å². The first kappa shape index (κ1) is 74.8. The average molecular weight is 1090 g/mol. The first-order valence-corrected chi connectivity index (χ1v) is 33.9. The maximum Gasteiger partial charge on any atom is 0.306 e. The quantitative estimate of drug-likeness (QED) is 0.0261. The first-order chi connectivity index (χ1) is 38.5. The smallest absolute Gasteiger partial charge is 0.306 e. The van der Waals surface area contributed by atoms with Crippen LogP contribution in [0.4, 0.5) is 0 Å². The van der Waals surface area contributed by atoms with Gasteiger partial charge in [-0.2, -0.15) is 0 Å². The molecule has 0 saturated carbocycles. The Balaban J connectivity index is 4.10. The van der Waals surface area contributed by atoms with E-state index in [0.29, 0.717) is 19.3 Å². The fourth-order valence-electron chi connectivity index (χ4n) is 9.77. The number of esters is 3. The minimum absolute atomic E-state index is 0.0827. The molecule has 78 heavy (non-hydrogen) atoms. The van der Waals surface area contributed by atoms with E-state index in [4.69, 9.17) is 14.2 Å². The molecule has 0 aromatic rings. The molecule has 452 valence electrons. The van der Waals surface area contributed by atoms with Gasteiger partial charge in [-0.1, -0.05) is 299 Å². The van der Waals surface area contributed by atoms with Gasteiger partial charge < -0.3 is 14.2 Å². The fourth-order valence-corrected chi connectivity index (χ4v) is 9.77. The molecule has 0 N–H and O–H groups in total. The molecule has 6 nitrogen and oxygen atoms in total. The first-order valence-electron chi connectivity index (χ1n) is 33.9. The lowest BCUT2D eigenvalue weighted by Gasteiger charge is -2.18. The molecular weight excluding hydrogens is 961 g/mol. The molecule has 0 heterocycles. The molecule has 0 aromatic carbocycles. The van der Waals surface area contributed by atoms with Gasteiger partial charge in [-0.15, -0.1) is 0 Å². The Morgan fingerprint density at radius 2 is 0.500 bits per heavy atom. The van der Waals surface area contributed by atoms with Crippen LogP contribution in [0.2, 0.25) is 0 Å². The van der Waals surface area contributed by atoms with E-state index < -0.39 is 6.10 Å². The van der Waals surface area contributed by atoms with Crippen molar-refractivity contribution in [1.29, 1.82) is 0 Å². The van der Waals surface area contributed by atoms with Crippen molar-refractivity contribution in [3.8, 4) is 0 Å². The maximum atomic E-state index is 12.9. The minimum Gasteiger partial charge on any atom is -0.462 e. The van der Waals surface area contributed by atoms with E-state index in [0.717, 1.165) is 116 Å². The van der Waals surface area contributed by atoms with Crippen LogP contribution < -0.4 is 0 Å². The third kappa shape index (κ3) is 63.7. The van der Waals surface area contributed by atoms with Gasteiger partial charge in [0.25, 0.3) is 0 Å². The number of carbonyl (C=O) groups is 3. The van der Waals surface area contributed by atoms with Crippen molar-refractivity contribution < 1.29 is 28.6 Å². The lowest BCUT2D eigenvalue weighted by Crippen LogP contribution is -2.30. The number of hydrogen-bond acceptors (Lipinski definition) is 6. The Morgan fingerprint density at radius 3 is 0.795 bits per heavy atom. The highest BCUT2D eigenvalue weighted by Crippen LogP contribution is 2.17. The van der Waals surface area contributed by atoms with E-state index in [1.807, 2.05) is 0 Å². The van der Waals surface area contributed by atoms with Gasteiger partial charge in [0.2, 0.25) is 0 Å². The Labute approximate surface area is 484 Å². The van der Waals surface area contributed by atoms with Gasteiger partial charge in [0.15, 0.2) is 6.10 Å². The molecule has 0 aliphatic rings. The van der Waals surface area contributed by atoms with E-state index >= 15 is 0 Å². The second-order valence-corrected chi connectivity index (χ2v) is 22.7. The van der Waals surface area contributed by atoms with Gasteiger partial charge in [0, 0.05) is 19.3 Å². The third-order valence-corrected chi connectivity index (χ3v) is 14.9. The van der Waals surface area contributed by atoms with Gasteiger partial charge in [-0.25, -0.2) is 0 Å². The summed E-state index contributed by atoms with van der Waals surface area (Å²) in [5.74, 6) is -0.897. The summed E-state index contributed by atoms with van der Waals surface area (Å²) >= 11 is 0. The summed E-state index contributed by atoms with van der Waals surface area (Å²) < 4.78 is 16.9. The summed E-state index contributed by atoms with van der Waals surface area (Å²) in [7, 11) is 0. The van der Waals surface area contributed by atoms with Crippen molar-refractivity contribution in [3.05, 3.63) is 72.9 Å². The molecule has 0 spiro atoms. The summed E-state index contributed by atoms with van der Waals surface area (Å²) in [5, 5.41) is 0. The van der Waals surface area contributed by atoms with Crippen LogP contribution in [-0.4, -0.2) is 37.2 Å². The monoisotopic (exact) mass is 1090 g/mol. The Bertz CT molecular complexity index is 1440. The molecule has 0 rings (SSSR count). The molecule has 0 amide bonds. The number of hydrogen-bond donors (Lipinski definition) is 0. The molecule has 1 atom stereocenters. The van der Waals surface area contributed by atoms with Gasteiger partial charge in [-0.3, -0.25) is 14.4 Å². The van der Waals surface area contributed by atoms with Crippen LogP contribution in [0.5, 0.6) is 0 Å². The highest BCUT2D eigenvalue weighted by molar-refractivity contribution is 5.71. The zero-order chi connectivity index (χ0) is 56.4. The largest absolute Gasteiger partial charge is 0.462 e. The van der Waals surface area contributed by atoms with Crippen molar-refractivity contribution in [2.24, 2.45) is 0 Å². The standard InChI is InChI=1S/C72H128O6/c1-4-7-10-13-16-19-22-25-27-28-29-30-31-32-33-34-35-36-37-38-39-40-41-42-43-44-45-48-50-53-56-59-62-65-71(74)77-68-69(67-76-70(73)64-61-58-55-52-49-46-24-21-18-15-12-9-6-3)78-72(75)66-63-60-57-54-51-47-26-23-20-17-14-11-8-5-2/h12,14-15,17,21-26,28-29,69H,4-11,13,16,18-20,27,30-68H2,1-3H3/b15-12-,17-14-,24-21-,25-22-,26-23-,29-28-. The molecule has 0 bridgehead atoms. The fraction of sp³-hybridized carbons (Fsp3) is 0.792. The summed E-state index contributed by atoms with van der Waals surface area (Å²) in [6, 6.07) is 0. The van der Waals surface area contributed by atoms with Crippen LogP contribution >= 0.6 is 0 Å². The summed E-state index contributed by atoms with van der Waals surface area (Å²) in [6.45, 7) is 6.54. The van der Waals surface area contributed by atoms with E-state index in [9.17, 15) is 14.4 Å². The zero-order valence-electron chi connectivity index (χ0n) is 51.9. The molecule has 6 heteroatoms. The number of carbonyl (C=O) groups excluding carboxylic acids is 3. The van der Waals surface area contributed by atoms with Crippen molar-refractivity contribution >= 4 is 17.9 Å². The highest BCUT2D eigenvalue weighted by atomic mass is 16.6. The number of allylic oxidation sites excluding steroid dienone is 12. The Hall–Kier alpha value is -3.15. The van der Waals surface area contributed by atoms with Crippen molar-refractivity contribution in [1.82, 2.24) is 0 Å². The van der Waals surface area contributed by atoms with E-state index in [2.05, 4.69) is 93.7 Å². The second-order valence-electron chi connectivity index (χ2n) is 22.7. The van der Waals surface area contributed by atoms with Crippen LogP contribution in [0.3, 0.4) is 0 Å². The Morgan fingerprint density at radius 1 is 0.256 bits per heavy atom. The molecule has 0 aliphatic heterocycles. The van der Waals surface area contributed by atoms with Gasteiger partial charge in [0.1, 0.15) is 13.2 Å². The van der Waals surface area contributed by atoms with Crippen molar-refractivity contribution in [3.63, 3.8) is 0 Å². The van der Waals surface area contributed by atoms with Gasteiger partial charge in [-0.05, 0) is 103 Å². The SMILES string of the molecule is CCC/C=C\C/C=C\CCCCCCCC(=O)OCC(COC(=O)CCCCCCCCCCCCCCCCCCCCCCC/C=C\C/C=C\CCCCCCC)OC(=O)CCCCCCC/C=C\C/C=C\CCCC.